The van der Waals surface area contributed by atoms with E-state index in [1.807, 2.05) is 121 Å². The highest BCUT2D eigenvalue weighted by Crippen LogP contribution is 2.48. The molecule has 4 atom stereocenters. The molecule has 58 heavy (non-hydrogen) atoms. The van der Waals surface area contributed by atoms with Crippen LogP contribution in [0, 0.1) is 5.92 Å². The number of hydrogen-bond acceptors (Lipinski definition) is 10. The summed E-state index contributed by atoms with van der Waals surface area (Å²) in [7, 11) is 1.67. The average Bonchev–Trinajstić information content (AvgIpc) is 3.81. The molecule has 1 saturated carbocycles. The number of hydrogen-bond donors (Lipinski definition) is 0. The second kappa shape index (κ2) is 17.6. The zero-order chi connectivity index (χ0) is 41.8. The van der Waals surface area contributed by atoms with Crippen molar-refractivity contribution in [3.05, 3.63) is 78.8 Å². The number of para-hydroxylation sites is 1. The van der Waals surface area contributed by atoms with Gasteiger partial charge in [-0.2, -0.15) is 0 Å². The number of amides is 2. The second-order valence-electron chi connectivity index (χ2n) is 17.9. The van der Waals surface area contributed by atoms with E-state index in [0.29, 0.717) is 25.3 Å². The molecule has 2 aromatic carbocycles. The minimum absolute atomic E-state index is 0.0400. The van der Waals surface area contributed by atoms with E-state index < -0.39 is 23.1 Å². The first kappa shape index (κ1) is 42.9. The third-order valence-corrected chi connectivity index (χ3v) is 10.4. The quantitative estimate of drug-likeness (QED) is 0.122. The van der Waals surface area contributed by atoms with Crippen LogP contribution in [0.2, 0.25) is 0 Å². The Morgan fingerprint density at radius 3 is 2.26 bits per heavy atom. The highest BCUT2D eigenvalue weighted by Gasteiger charge is 2.55. The summed E-state index contributed by atoms with van der Waals surface area (Å²) in [5.41, 5.74) is 0.564. The predicted molar refractivity (Wildman–Crippen MR) is 224 cm³/mol. The van der Waals surface area contributed by atoms with Gasteiger partial charge in [0.25, 0.3) is 0 Å². The lowest BCUT2D eigenvalue weighted by Crippen LogP contribution is -2.40. The molecule has 3 heterocycles. The zero-order valence-electron chi connectivity index (χ0n) is 35.9. The van der Waals surface area contributed by atoms with Crippen molar-refractivity contribution in [2.45, 2.75) is 117 Å². The van der Waals surface area contributed by atoms with Crippen LogP contribution in [0.4, 0.5) is 15.4 Å². The molecule has 1 aliphatic carbocycles. The van der Waals surface area contributed by atoms with Gasteiger partial charge in [-0.3, -0.25) is 4.90 Å². The molecule has 314 valence electrons. The van der Waals surface area contributed by atoms with Crippen molar-refractivity contribution in [2.24, 2.45) is 5.92 Å². The van der Waals surface area contributed by atoms with Gasteiger partial charge in [0.05, 0.1) is 17.5 Å². The highest BCUT2D eigenvalue weighted by molar-refractivity contribution is 5.97. The number of carbonyl (C=O) groups is 2. The van der Waals surface area contributed by atoms with E-state index in [-0.39, 0.29) is 30.3 Å². The summed E-state index contributed by atoms with van der Waals surface area (Å²) in [6.07, 6.45) is 4.69. The topological polar surface area (TPSA) is 121 Å². The molecule has 0 N–H and O–H groups in total. The lowest BCUT2D eigenvalue weighted by molar-refractivity contribution is -0.161. The van der Waals surface area contributed by atoms with E-state index >= 15 is 0 Å². The summed E-state index contributed by atoms with van der Waals surface area (Å²) in [6.45, 7) is 20.9. The van der Waals surface area contributed by atoms with E-state index in [1.165, 1.54) is 11.2 Å². The number of nitrogens with zero attached hydrogens (tertiary/aromatic N) is 6. The highest BCUT2D eigenvalue weighted by atomic mass is 16.8. The maximum absolute atomic E-state index is 13.5. The molecule has 4 aromatic rings. The Morgan fingerprint density at radius 1 is 0.862 bits per heavy atom. The molecule has 2 aliphatic rings. The molecule has 13 heteroatoms. The van der Waals surface area contributed by atoms with E-state index in [1.54, 1.807) is 7.05 Å². The second-order valence-corrected chi connectivity index (χ2v) is 17.9. The van der Waals surface area contributed by atoms with E-state index in [2.05, 4.69) is 32.4 Å². The number of carbonyl (C=O) groups excluding carboxylic acids is 2. The van der Waals surface area contributed by atoms with Gasteiger partial charge >= 0.3 is 12.2 Å². The first-order valence-corrected chi connectivity index (χ1v) is 20.6. The molecular formula is C45H62N6O7. The van der Waals surface area contributed by atoms with Crippen LogP contribution in [0.15, 0.2) is 73.2 Å². The van der Waals surface area contributed by atoms with E-state index in [0.717, 1.165) is 60.6 Å². The van der Waals surface area contributed by atoms with Gasteiger partial charge in [0.2, 0.25) is 0 Å². The van der Waals surface area contributed by atoms with Crippen LogP contribution in [0.3, 0.4) is 0 Å². The summed E-state index contributed by atoms with van der Waals surface area (Å²) < 4.78 is 32.9. The fourth-order valence-electron chi connectivity index (χ4n) is 7.89. The summed E-state index contributed by atoms with van der Waals surface area (Å²) >= 11 is 0. The third-order valence-electron chi connectivity index (χ3n) is 10.4. The molecule has 13 nitrogen and oxygen atoms in total. The minimum atomic E-state index is -0.732. The largest absolute Gasteiger partial charge is 0.457 e. The Bertz CT molecular complexity index is 2010. The van der Waals surface area contributed by atoms with Crippen LogP contribution < -0.4 is 9.64 Å². The zero-order valence-corrected chi connectivity index (χ0v) is 35.9. The fraction of sp³-hybridized carbons (Fsp3) is 0.556. The molecule has 2 fully saturated rings. The van der Waals surface area contributed by atoms with Crippen LogP contribution in [0.1, 0.15) is 86.8 Å². The van der Waals surface area contributed by atoms with Gasteiger partial charge in [-0.05, 0) is 124 Å². The summed E-state index contributed by atoms with van der Waals surface area (Å²) in [4.78, 5) is 41.3. The Kier molecular flexibility index (Phi) is 13.0. The first-order valence-electron chi connectivity index (χ1n) is 20.6. The van der Waals surface area contributed by atoms with E-state index in [9.17, 15) is 9.59 Å². The molecule has 1 aliphatic heterocycles. The molecule has 1 saturated heterocycles. The molecule has 0 bridgehead atoms. The van der Waals surface area contributed by atoms with Gasteiger partial charge in [0.15, 0.2) is 11.6 Å². The first-order chi connectivity index (χ1) is 27.4. The Morgan fingerprint density at radius 2 is 1.55 bits per heavy atom. The van der Waals surface area contributed by atoms with Gasteiger partial charge in [-0.15, -0.1) is 0 Å². The Hall–Kier alpha value is -4.72. The molecule has 2 amide bonds. The number of aromatic nitrogens is 3. The molecule has 0 radical (unpaired) electrons. The monoisotopic (exact) mass is 798 g/mol. The minimum Gasteiger partial charge on any atom is -0.457 e. The average molecular weight is 799 g/mol. The van der Waals surface area contributed by atoms with Crippen molar-refractivity contribution in [1.29, 1.82) is 0 Å². The van der Waals surface area contributed by atoms with Crippen molar-refractivity contribution in [3.8, 4) is 11.5 Å². The maximum Gasteiger partial charge on any atom is 0.415 e. The smallest absolute Gasteiger partial charge is 0.415 e. The van der Waals surface area contributed by atoms with Crippen molar-refractivity contribution in [3.63, 3.8) is 0 Å². The van der Waals surface area contributed by atoms with Gasteiger partial charge in [0, 0.05) is 38.8 Å². The number of fused-ring (bicyclic) bond motifs is 2. The van der Waals surface area contributed by atoms with Crippen LogP contribution in [-0.2, 0) is 25.4 Å². The summed E-state index contributed by atoms with van der Waals surface area (Å²) in [5.74, 6) is 1.48. The van der Waals surface area contributed by atoms with E-state index in [4.69, 9.17) is 23.7 Å². The number of ether oxygens (including phenoxy) is 5. The molecule has 0 spiro atoms. The maximum atomic E-state index is 13.5. The van der Waals surface area contributed by atoms with Crippen LogP contribution >= 0.6 is 0 Å². The predicted octanol–water partition coefficient (Wildman–Crippen LogP) is 8.87. The van der Waals surface area contributed by atoms with Gasteiger partial charge < -0.3 is 38.1 Å². The van der Waals surface area contributed by atoms with Gasteiger partial charge in [-0.25, -0.2) is 19.6 Å². The lowest BCUT2D eigenvalue weighted by atomic mass is 10.0. The molecule has 6 rings (SSSR count). The number of benzene rings is 2. The Balaban J connectivity index is 1.12. The van der Waals surface area contributed by atoms with Gasteiger partial charge in [0.1, 0.15) is 40.8 Å². The van der Waals surface area contributed by atoms with Crippen molar-refractivity contribution < 1.29 is 33.3 Å². The lowest BCUT2D eigenvalue weighted by Gasteiger charge is -2.30. The third kappa shape index (κ3) is 10.9. The summed E-state index contributed by atoms with van der Waals surface area (Å²) in [5, 5.41) is 0.756. The normalized spacial score (nSPS) is 20.3. The van der Waals surface area contributed by atoms with Crippen LogP contribution in [-0.4, -0.2) is 105 Å². The summed E-state index contributed by atoms with van der Waals surface area (Å²) in [6, 6.07) is 19.7. The molecule has 1 unspecified atom stereocenters. The molecule has 2 aromatic heterocycles. The standard InChI is InChI=1S/C45H62N6O7/c1-11-49(23-16-24-50(42(53)58-44(5,6)7)25-21-31-17-15-20-34(27-31)54-33-18-13-12-14-19-33)29-32-28-36(38-37(32)55-45(8,9)56-38)51-26-22-35-39(46-30-47-40(35)51)48(10)41(52)57-43(2,3)4/h12-15,17-20,22,26-27,30,32,36-38H,11,16,21,23-25,28-29H2,1-10H3/t32?,36-,37-,38+/m1/s1. The van der Waals surface area contributed by atoms with Crippen LogP contribution in [0.5, 0.6) is 11.5 Å². The number of anilines is 1. The number of rotatable bonds is 14. The fourth-order valence-corrected chi connectivity index (χ4v) is 7.89. The van der Waals surface area contributed by atoms with Crippen LogP contribution in [0.25, 0.3) is 11.0 Å². The SMILES string of the molecule is CCN(CCCN(CCc1cccc(Oc2ccccc2)c1)C(=O)OC(C)(C)C)CC1C[C@@H](n2ccc3c(N(C)C(=O)OC(C)(C)C)ncnc32)[C@@H]2OC(C)(C)O[C@H]12. The molecular weight excluding hydrogens is 737 g/mol. The van der Waals surface area contributed by atoms with Crippen molar-refractivity contribution in [1.82, 2.24) is 24.3 Å². The van der Waals surface area contributed by atoms with Gasteiger partial charge in [-0.1, -0.05) is 37.3 Å². The van der Waals surface area contributed by atoms with Crippen molar-refractivity contribution >= 4 is 29.0 Å². The van der Waals surface area contributed by atoms with Crippen molar-refractivity contribution in [2.75, 3.05) is 44.7 Å². The Labute approximate surface area is 343 Å².